The van der Waals surface area contributed by atoms with E-state index in [0.717, 1.165) is 6.04 Å². The largest absolute Gasteiger partial charge is 0.312 e. The Morgan fingerprint density at radius 3 is 1.77 bits per heavy atom. The van der Waals surface area contributed by atoms with E-state index < -0.39 is 0 Å². The maximum Gasteiger partial charge on any atom is 0.00694 e. The molecule has 1 aliphatic rings. The summed E-state index contributed by atoms with van der Waals surface area (Å²) < 4.78 is 0. The van der Waals surface area contributed by atoms with Gasteiger partial charge in [-0.2, -0.15) is 0 Å². The third-order valence-electron chi connectivity index (χ3n) is 2.92. The molecule has 0 radical (unpaired) electrons. The van der Waals surface area contributed by atoms with Crippen LogP contribution in [0, 0.1) is 0 Å². The first-order valence-corrected chi connectivity index (χ1v) is 6.05. The third kappa shape index (κ3) is 5.30. The first kappa shape index (κ1) is 11.0. The Morgan fingerprint density at radius 2 is 1.31 bits per heavy atom. The van der Waals surface area contributed by atoms with Gasteiger partial charge in [-0.25, -0.2) is 0 Å². The van der Waals surface area contributed by atoms with E-state index in [4.69, 9.17) is 0 Å². The average Bonchev–Trinajstić information content (AvgIpc) is 2.17. The van der Waals surface area contributed by atoms with E-state index in [0.29, 0.717) is 6.04 Å². The summed E-state index contributed by atoms with van der Waals surface area (Å²) in [6.07, 6.45) is 11.5. The van der Waals surface area contributed by atoms with Crippen molar-refractivity contribution in [3.63, 3.8) is 0 Å². The van der Waals surface area contributed by atoms with E-state index in [-0.39, 0.29) is 0 Å². The van der Waals surface area contributed by atoms with Gasteiger partial charge in [0.2, 0.25) is 0 Å². The zero-order chi connectivity index (χ0) is 9.52. The molecule has 13 heavy (non-hydrogen) atoms. The van der Waals surface area contributed by atoms with E-state index >= 15 is 0 Å². The number of hydrogen-bond acceptors (Lipinski definition) is 1. The van der Waals surface area contributed by atoms with Gasteiger partial charge >= 0.3 is 0 Å². The van der Waals surface area contributed by atoms with Crippen LogP contribution in [-0.4, -0.2) is 12.1 Å². The minimum absolute atomic E-state index is 0.658. The fourth-order valence-corrected chi connectivity index (χ4v) is 2.27. The number of hydrogen-bond donors (Lipinski definition) is 1. The molecule has 1 heteroatoms. The molecule has 0 bridgehead atoms. The summed E-state index contributed by atoms with van der Waals surface area (Å²) in [5, 5.41) is 3.68. The van der Waals surface area contributed by atoms with Gasteiger partial charge in [-0.1, -0.05) is 52.4 Å². The summed E-state index contributed by atoms with van der Waals surface area (Å²) in [5.41, 5.74) is 0. The monoisotopic (exact) mass is 183 g/mol. The molecule has 0 spiro atoms. The Labute approximate surface area is 83.3 Å². The molecule has 0 amide bonds. The summed E-state index contributed by atoms with van der Waals surface area (Å²) in [5.74, 6) is 0. The van der Waals surface area contributed by atoms with Crippen molar-refractivity contribution in [1.29, 1.82) is 0 Å². The topological polar surface area (TPSA) is 12.0 Å². The molecule has 0 heterocycles. The smallest absolute Gasteiger partial charge is 0.00694 e. The molecule has 1 fully saturated rings. The van der Waals surface area contributed by atoms with E-state index in [9.17, 15) is 0 Å². The minimum atomic E-state index is 0.658. The predicted octanol–water partition coefficient (Wildman–Crippen LogP) is 3.49. The molecule has 0 saturated heterocycles. The maximum atomic E-state index is 3.68. The van der Waals surface area contributed by atoms with Gasteiger partial charge < -0.3 is 5.32 Å². The van der Waals surface area contributed by atoms with E-state index in [1.165, 1.54) is 51.4 Å². The molecule has 0 aliphatic heterocycles. The second kappa shape index (κ2) is 6.42. The van der Waals surface area contributed by atoms with Crippen molar-refractivity contribution in [2.45, 2.75) is 77.3 Å². The van der Waals surface area contributed by atoms with Gasteiger partial charge in [0.25, 0.3) is 0 Å². The van der Waals surface area contributed by atoms with Gasteiger partial charge in [-0.15, -0.1) is 0 Å². The molecule has 0 atom stereocenters. The Morgan fingerprint density at radius 1 is 0.846 bits per heavy atom. The highest BCUT2D eigenvalue weighted by atomic mass is 14.9. The summed E-state index contributed by atoms with van der Waals surface area (Å²) in [6, 6.07) is 1.46. The van der Waals surface area contributed by atoms with Crippen LogP contribution < -0.4 is 5.32 Å². The molecule has 78 valence electrons. The van der Waals surface area contributed by atoms with Crippen LogP contribution in [0.15, 0.2) is 0 Å². The minimum Gasteiger partial charge on any atom is -0.312 e. The highest BCUT2D eigenvalue weighted by Crippen LogP contribution is 2.17. The van der Waals surface area contributed by atoms with Gasteiger partial charge in [0.15, 0.2) is 0 Å². The first-order chi connectivity index (χ1) is 6.29. The SMILES string of the molecule is CC(C)NC1CCCCCCCC1. The lowest BCUT2D eigenvalue weighted by Gasteiger charge is -2.20. The molecular weight excluding hydrogens is 158 g/mol. The van der Waals surface area contributed by atoms with E-state index in [1.807, 2.05) is 0 Å². The predicted molar refractivity (Wildman–Crippen MR) is 59.0 cm³/mol. The fourth-order valence-electron chi connectivity index (χ4n) is 2.27. The summed E-state index contributed by atoms with van der Waals surface area (Å²) in [7, 11) is 0. The van der Waals surface area contributed by atoms with Crippen molar-refractivity contribution in [2.24, 2.45) is 0 Å². The molecular formula is C12H25N. The van der Waals surface area contributed by atoms with Gasteiger partial charge in [0.1, 0.15) is 0 Å². The summed E-state index contributed by atoms with van der Waals surface area (Å²) in [6.45, 7) is 4.51. The second-order valence-electron chi connectivity index (χ2n) is 4.72. The highest BCUT2D eigenvalue weighted by molar-refractivity contribution is 4.70. The van der Waals surface area contributed by atoms with Crippen LogP contribution >= 0.6 is 0 Å². The van der Waals surface area contributed by atoms with Gasteiger partial charge in [-0.05, 0) is 12.8 Å². The van der Waals surface area contributed by atoms with Crippen LogP contribution in [0.2, 0.25) is 0 Å². The van der Waals surface area contributed by atoms with Crippen LogP contribution in [0.1, 0.15) is 65.2 Å². The average molecular weight is 183 g/mol. The number of rotatable bonds is 2. The van der Waals surface area contributed by atoms with Crippen molar-refractivity contribution in [3.8, 4) is 0 Å². The zero-order valence-electron chi connectivity index (χ0n) is 9.31. The first-order valence-electron chi connectivity index (χ1n) is 6.05. The zero-order valence-corrected chi connectivity index (χ0v) is 9.31. The molecule has 1 saturated carbocycles. The lowest BCUT2D eigenvalue weighted by atomic mass is 10.0. The molecule has 1 rings (SSSR count). The van der Waals surface area contributed by atoms with Gasteiger partial charge in [0.05, 0.1) is 0 Å². The van der Waals surface area contributed by atoms with Crippen LogP contribution in [0.5, 0.6) is 0 Å². The normalized spacial score (nSPS) is 22.4. The van der Waals surface area contributed by atoms with E-state index in [2.05, 4.69) is 19.2 Å². The quantitative estimate of drug-likeness (QED) is 0.691. The van der Waals surface area contributed by atoms with Crippen molar-refractivity contribution >= 4 is 0 Å². The Hall–Kier alpha value is -0.0400. The molecule has 0 aromatic rings. The summed E-state index contributed by atoms with van der Waals surface area (Å²) in [4.78, 5) is 0. The maximum absolute atomic E-state index is 3.68. The summed E-state index contributed by atoms with van der Waals surface area (Å²) >= 11 is 0. The third-order valence-corrected chi connectivity index (χ3v) is 2.92. The Balaban J connectivity index is 2.24. The van der Waals surface area contributed by atoms with Gasteiger partial charge in [-0.3, -0.25) is 0 Å². The lowest BCUT2D eigenvalue weighted by Crippen LogP contribution is -2.34. The second-order valence-corrected chi connectivity index (χ2v) is 4.72. The molecule has 0 aromatic heterocycles. The van der Waals surface area contributed by atoms with Crippen LogP contribution in [0.4, 0.5) is 0 Å². The molecule has 0 unspecified atom stereocenters. The molecule has 0 aromatic carbocycles. The van der Waals surface area contributed by atoms with Crippen molar-refractivity contribution in [1.82, 2.24) is 5.32 Å². The molecule has 1 N–H and O–H groups in total. The van der Waals surface area contributed by atoms with Crippen LogP contribution in [0.3, 0.4) is 0 Å². The molecule has 1 aliphatic carbocycles. The highest BCUT2D eigenvalue weighted by Gasteiger charge is 2.10. The number of nitrogens with one attached hydrogen (secondary N) is 1. The Kier molecular flexibility index (Phi) is 5.45. The lowest BCUT2D eigenvalue weighted by molar-refractivity contribution is 0.402. The molecule has 1 nitrogen and oxygen atoms in total. The van der Waals surface area contributed by atoms with Gasteiger partial charge in [0, 0.05) is 12.1 Å². The standard InChI is InChI=1S/C12H25N/c1-11(2)13-12-9-7-5-3-4-6-8-10-12/h11-13H,3-10H2,1-2H3. The Bertz CT molecular complexity index is 110. The fraction of sp³-hybridized carbons (Fsp3) is 1.00. The van der Waals surface area contributed by atoms with Crippen molar-refractivity contribution in [3.05, 3.63) is 0 Å². The van der Waals surface area contributed by atoms with E-state index in [1.54, 1.807) is 0 Å². The van der Waals surface area contributed by atoms with Crippen molar-refractivity contribution < 1.29 is 0 Å². The van der Waals surface area contributed by atoms with Crippen LogP contribution in [-0.2, 0) is 0 Å². The van der Waals surface area contributed by atoms with Crippen molar-refractivity contribution in [2.75, 3.05) is 0 Å². The van der Waals surface area contributed by atoms with Crippen LogP contribution in [0.25, 0.3) is 0 Å².